The Labute approximate surface area is 83.0 Å². The summed E-state index contributed by atoms with van der Waals surface area (Å²) in [5, 5.41) is 2.93. The van der Waals surface area contributed by atoms with Gasteiger partial charge in [0.2, 0.25) is 0 Å². The van der Waals surface area contributed by atoms with Crippen LogP contribution in [-0.2, 0) is 0 Å². The molecule has 0 radical (unpaired) electrons. The molecule has 0 bridgehead atoms. The molecular formula is C8H17IN2. The van der Waals surface area contributed by atoms with Gasteiger partial charge in [0.1, 0.15) is 0 Å². The highest BCUT2D eigenvalue weighted by Crippen LogP contribution is 2.02. The number of hydrogen-bond acceptors (Lipinski definition) is 2. The van der Waals surface area contributed by atoms with Gasteiger partial charge in [-0.2, -0.15) is 0 Å². The van der Waals surface area contributed by atoms with Crippen molar-refractivity contribution in [2.24, 2.45) is 10.9 Å². The highest BCUT2D eigenvalue weighted by atomic mass is 127. The maximum atomic E-state index is 3.85. The number of alkyl halides is 1. The number of nitrogens with zero attached hydrogens (tertiary/aromatic N) is 1. The molecule has 0 spiro atoms. The summed E-state index contributed by atoms with van der Waals surface area (Å²) in [4.78, 5) is 3.85. The van der Waals surface area contributed by atoms with E-state index in [4.69, 9.17) is 0 Å². The van der Waals surface area contributed by atoms with E-state index in [-0.39, 0.29) is 0 Å². The number of nitrogens with one attached hydrogen (secondary N) is 1. The van der Waals surface area contributed by atoms with E-state index < -0.39 is 0 Å². The Hall–Kier alpha value is 0.200. The fourth-order valence-corrected chi connectivity index (χ4v) is 1.05. The van der Waals surface area contributed by atoms with Crippen LogP contribution in [0.25, 0.3) is 0 Å². The summed E-state index contributed by atoms with van der Waals surface area (Å²) in [7, 11) is 0. The lowest BCUT2D eigenvalue weighted by molar-refractivity contribution is 0.646. The fraction of sp³-hybridized carbons (Fsp3) is 0.875. The number of halogens is 1. The van der Waals surface area contributed by atoms with E-state index in [0.29, 0.717) is 0 Å². The topological polar surface area (TPSA) is 24.4 Å². The summed E-state index contributed by atoms with van der Waals surface area (Å²) >= 11 is 2.41. The van der Waals surface area contributed by atoms with Gasteiger partial charge in [0, 0.05) is 11.0 Å². The van der Waals surface area contributed by atoms with Crippen molar-refractivity contribution in [3.8, 4) is 0 Å². The molecule has 2 nitrogen and oxygen atoms in total. The first-order valence-electron chi connectivity index (χ1n) is 4.08. The van der Waals surface area contributed by atoms with Crippen molar-refractivity contribution in [3.63, 3.8) is 0 Å². The zero-order valence-corrected chi connectivity index (χ0v) is 9.47. The van der Waals surface area contributed by atoms with Crippen molar-refractivity contribution in [3.05, 3.63) is 0 Å². The molecule has 1 rings (SSSR count). The average molecular weight is 268 g/mol. The molecule has 0 saturated heterocycles. The molecule has 0 fully saturated rings. The zero-order chi connectivity index (χ0) is 8.53. The Morgan fingerprint density at radius 3 is 2.55 bits per heavy atom. The standard InChI is InChI=1S/C5H11I.C3H6N2/c1-3-5(2)4-6;1-2-5-3-4-1/h5H,3-4H2,1-2H3;3H,1-2H2,(H,4,5). The van der Waals surface area contributed by atoms with E-state index in [0.717, 1.165) is 19.0 Å². The second-order valence-corrected chi connectivity index (χ2v) is 3.54. The van der Waals surface area contributed by atoms with Gasteiger partial charge in [0.15, 0.2) is 0 Å². The summed E-state index contributed by atoms with van der Waals surface area (Å²) in [5.74, 6) is 0.922. The predicted octanol–water partition coefficient (Wildman–Crippen LogP) is 2.09. The molecule has 1 N–H and O–H groups in total. The lowest BCUT2D eigenvalue weighted by Crippen LogP contribution is -2.04. The molecule has 0 aromatic rings. The Balaban J connectivity index is 0.000000183. The molecule has 0 aliphatic carbocycles. The van der Waals surface area contributed by atoms with Gasteiger partial charge in [-0.15, -0.1) is 0 Å². The van der Waals surface area contributed by atoms with Crippen LogP contribution in [0, 0.1) is 5.92 Å². The molecule has 3 heteroatoms. The van der Waals surface area contributed by atoms with Crippen molar-refractivity contribution in [2.45, 2.75) is 20.3 Å². The summed E-state index contributed by atoms with van der Waals surface area (Å²) in [6.45, 7) is 6.48. The second-order valence-electron chi connectivity index (χ2n) is 2.66. The molecule has 0 saturated carbocycles. The van der Waals surface area contributed by atoms with E-state index in [2.05, 4.69) is 46.7 Å². The van der Waals surface area contributed by atoms with E-state index in [9.17, 15) is 0 Å². The van der Waals surface area contributed by atoms with E-state index in [1.165, 1.54) is 10.8 Å². The van der Waals surface area contributed by atoms with Crippen LogP contribution in [0.2, 0.25) is 0 Å². The van der Waals surface area contributed by atoms with Crippen molar-refractivity contribution in [1.29, 1.82) is 0 Å². The van der Waals surface area contributed by atoms with Crippen LogP contribution in [-0.4, -0.2) is 23.9 Å². The SMILES string of the molecule is C1=NCCN1.CCC(C)CI. The zero-order valence-electron chi connectivity index (χ0n) is 7.31. The Morgan fingerprint density at radius 2 is 2.45 bits per heavy atom. The molecule has 0 amide bonds. The van der Waals surface area contributed by atoms with E-state index >= 15 is 0 Å². The molecular weight excluding hydrogens is 251 g/mol. The first-order valence-corrected chi connectivity index (χ1v) is 5.61. The van der Waals surface area contributed by atoms with Crippen molar-refractivity contribution in [2.75, 3.05) is 17.5 Å². The van der Waals surface area contributed by atoms with Gasteiger partial charge in [-0.05, 0) is 5.92 Å². The van der Waals surface area contributed by atoms with Gasteiger partial charge in [-0.1, -0.05) is 42.9 Å². The number of aliphatic imine (C=N–C) groups is 1. The fourth-order valence-electron chi connectivity index (χ4n) is 0.432. The van der Waals surface area contributed by atoms with Crippen LogP contribution in [0.3, 0.4) is 0 Å². The van der Waals surface area contributed by atoms with Gasteiger partial charge in [0.25, 0.3) is 0 Å². The third-order valence-electron chi connectivity index (χ3n) is 1.53. The first-order chi connectivity index (χ1) is 5.31. The number of rotatable bonds is 2. The third-order valence-corrected chi connectivity index (χ3v) is 3.03. The molecule has 1 heterocycles. The van der Waals surface area contributed by atoms with E-state index in [1.807, 2.05) is 0 Å². The van der Waals surface area contributed by atoms with Gasteiger partial charge < -0.3 is 5.32 Å². The molecule has 1 unspecified atom stereocenters. The maximum Gasteiger partial charge on any atom is 0.0825 e. The smallest absolute Gasteiger partial charge is 0.0825 e. The summed E-state index contributed by atoms with van der Waals surface area (Å²) in [6, 6.07) is 0. The van der Waals surface area contributed by atoms with Gasteiger partial charge in [-0.3, -0.25) is 4.99 Å². The minimum atomic E-state index is 0.922. The summed E-state index contributed by atoms with van der Waals surface area (Å²) < 4.78 is 1.30. The van der Waals surface area contributed by atoms with E-state index in [1.54, 1.807) is 6.34 Å². The van der Waals surface area contributed by atoms with Crippen LogP contribution < -0.4 is 5.32 Å². The Kier molecular flexibility index (Phi) is 8.45. The van der Waals surface area contributed by atoms with Gasteiger partial charge in [0.05, 0.1) is 12.9 Å². The van der Waals surface area contributed by atoms with Gasteiger partial charge in [-0.25, -0.2) is 0 Å². The molecule has 1 aliphatic rings. The minimum Gasteiger partial charge on any atom is -0.375 e. The van der Waals surface area contributed by atoms with Crippen LogP contribution in [0.5, 0.6) is 0 Å². The van der Waals surface area contributed by atoms with Crippen LogP contribution >= 0.6 is 22.6 Å². The van der Waals surface area contributed by atoms with Crippen LogP contribution in [0.15, 0.2) is 4.99 Å². The average Bonchev–Trinajstić information content (AvgIpc) is 2.60. The van der Waals surface area contributed by atoms with Crippen molar-refractivity contribution >= 4 is 28.9 Å². The van der Waals surface area contributed by atoms with Crippen molar-refractivity contribution in [1.82, 2.24) is 5.32 Å². The highest BCUT2D eigenvalue weighted by Gasteiger charge is 1.90. The Bertz CT molecular complexity index is 94.3. The lowest BCUT2D eigenvalue weighted by atomic mass is 10.2. The summed E-state index contributed by atoms with van der Waals surface area (Å²) in [5.41, 5.74) is 0. The molecule has 0 aromatic carbocycles. The summed E-state index contributed by atoms with van der Waals surface area (Å²) in [6.07, 6.45) is 3.06. The Morgan fingerprint density at radius 1 is 1.73 bits per heavy atom. The highest BCUT2D eigenvalue weighted by molar-refractivity contribution is 14.1. The molecule has 1 aliphatic heterocycles. The van der Waals surface area contributed by atoms with Crippen LogP contribution in [0.4, 0.5) is 0 Å². The lowest BCUT2D eigenvalue weighted by Gasteiger charge is -1.97. The largest absolute Gasteiger partial charge is 0.375 e. The van der Waals surface area contributed by atoms with Crippen molar-refractivity contribution < 1.29 is 0 Å². The quantitative estimate of drug-likeness (QED) is 0.602. The first kappa shape index (κ1) is 11.2. The molecule has 1 atom stereocenters. The second kappa shape index (κ2) is 8.30. The molecule has 0 aromatic heterocycles. The molecule has 66 valence electrons. The predicted molar refractivity (Wildman–Crippen MR) is 59.7 cm³/mol. The normalized spacial score (nSPS) is 16.6. The molecule has 11 heavy (non-hydrogen) atoms. The van der Waals surface area contributed by atoms with Crippen LogP contribution in [0.1, 0.15) is 20.3 Å². The minimum absolute atomic E-state index is 0.922. The third kappa shape index (κ3) is 8.10. The monoisotopic (exact) mass is 268 g/mol. The van der Waals surface area contributed by atoms with Gasteiger partial charge >= 0.3 is 0 Å². The maximum absolute atomic E-state index is 3.85. The number of hydrogen-bond donors (Lipinski definition) is 1.